The Kier molecular flexibility index (Phi) is 9.61. The standard InChI is InChI=1S/C20H33N3O4S/c1-6-23(7-2)28(26,27)17-11-8-16(9-12-17)10-13-19(24)22-18(14-15(3)4)20(25)21-5/h8-9,11-12,15,18H,6-7,10,13-14H2,1-5H3,(H,21,25)(H,22,24). The van der Waals surface area contributed by atoms with Crippen LogP contribution in [-0.4, -0.2) is 50.7 Å². The summed E-state index contributed by atoms with van der Waals surface area (Å²) in [5, 5.41) is 5.36. The van der Waals surface area contributed by atoms with E-state index in [1.54, 1.807) is 45.2 Å². The van der Waals surface area contributed by atoms with E-state index in [2.05, 4.69) is 10.6 Å². The topological polar surface area (TPSA) is 95.6 Å². The van der Waals surface area contributed by atoms with Crippen molar-refractivity contribution in [3.8, 4) is 0 Å². The zero-order chi connectivity index (χ0) is 21.3. The van der Waals surface area contributed by atoms with Gasteiger partial charge < -0.3 is 10.6 Å². The summed E-state index contributed by atoms with van der Waals surface area (Å²) in [5.41, 5.74) is 0.869. The van der Waals surface area contributed by atoms with Crippen molar-refractivity contribution in [2.24, 2.45) is 5.92 Å². The summed E-state index contributed by atoms with van der Waals surface area (Å²) in [6.45, 7) is 8.44. The van der Waals surface area contributed by atoms with Crippen molar-refractivity contribution in [2.75, 3.05) is 20.1 Å². The van der Waals surface area contributed by atoms with Crippen LogP contribution in [0.3, 0.4) is 0 Å². The molecule has 7 nitrogen and oxygen atoms in total. The molecule has 0 spiro atoms. The van der Waals surface area contributed by atoms with E-state index in [1.165, 1.54) is 4.31 Å². The van der Waals surface area contributed by atoms with Crippen molar-refractivity contribution >= 4 is 21.8 Å². The molecule has 0 aliphatic carbocycles. The first-order chi connectivity index (χ1) is 13.1. The van der Waals surface area contributed by atoms with Gasteiger partial charge in [0.1, 0.15) is 6.04 Å². The molecule has 0 fully saturated rings. The molecule has 1 aromatic carbocycles. The number of nitrogens with one attached hydrogen (secondary N) is 2. The number of benzene rings is 1. The monoisotopic (exact) mass is 411 g/mol. The van der Waals surface area contributed by atoms with E-state index in [0.29, 0.717) is 25.9 Å². The predicted molar refractivity (Wildman–Crippen MR) is 110 cm³/mol. The average molecular weight is 412 g/mol. The van der Waals surface area contributed by atoms with E-state index >= 15 is 0 Å². The molecule has 0 aliphatic rings. The maximum Gasteiger partial charge on any atom is 0.243 e. The van der Waals surface area contributed by atoms with Crippen LogP contribution in [0.5, 0.6) is 0 Å². The molecule has 1 aromatic rings. The van der Waals surface area contributed by atoms with E-state index in [9.17, 15) is 18.0 Å². The van der Waals surface area contributed by atoms with Gasteiger partial charge in [-0.2, -0.15) is 4.31 Å². The van der Waals surface area contributed by atoms with Gasteiger partial charge in [0.15, 0.2) is 0 Å². The van der Waals surface area contributed by atoms with Gasteiger partial charge in [0, 0.05) is 26.6 Å². The van der Waals surface area contributed by atoms with Crippen molar-refractivity contribution in [1.29, 1.82) is 0 Å². The van der Waals surface area contributed by atoms with Gasteiger partial charge in [-0.3, -0.25) is 9.59 Å². The normalized spacial score (nSPS) is 12.8. The number of nitrogens with zero attached hydrogens (tertiary/aromatic N) is 1. The Bertz CT molecular complexity index is 741. The highest BCUT2D eigenvalue weighted by molar-refractivity contribution is 7.89. The smallest absolute Gasteiger partial charge is 0.243 e. The van der Waals surface area contributed by atoms with E-state index in [-0.39, 0.29) is 29.0 Å². The van der Waals surface area contributed by atoms with Gasteiger partial charge in [-0.15, -0.1) is 0 Å². The first-order valence-corrected chi connectivity index (χ1v) is 11.2. The lowest BCUT2D eigenvalue weighted by atomic mass is 10.0. The molecule has 8 heteroatoms. The van der Waals surface area contributed by atoms with E-state index in [4.69, 9.17) is 0 Å². The van der Waals surface area contributed by atoms with Crippen LogP contribution in [0.1, 0.15) is 46.1 Å². The lowest BCUT2D eigenvalue weighted by molar-refractivity contribution is -0.129. The van der Waals surface area contributed by atoms with Crippen LogP contribution in [0, 0.1) is 5.92 Å². The number of sulfonamides is 1. The predicted octanol–water partition coefficient (Wildman–Crippen LogP) is 1.93. The zero-order valence-corrected chi connectivity index (χ0v) is 18.3. The second-order valence-electron chi connectivity index (χ2n) is 7.10. The molecule has 1 unspecified atom stereocenters. The molecule has 0 radical (unpaired) electrons. The summed E-state index contributed by atoms with van der Waals surface area (Å²) in [7, 11) is -1.93. The van der Waals surface area contributed by atoms with Gasteiger partial charge in [-0.25, -0.2) is 8.42 Å². The number of amides is 2. The van der Waals surface area contributed by atoms with Crippen molar-refractivity contribution in [2.45, 2.75) is 57.9 Å². The van der Waals surface area contributed by atoms with Gasteiger partial charge in [-0.1, -0.05) is 39.8 Å². The van der Waals surface area contributed by atoms with E-state index < -0.39 is 16.1 Å². The molecule has 2 N–H and O–H groups in total. The molecule has 0 saturated heterocycles. The Labute approximate surface area is 168 Å². The highest BCUT2D eigenvalue weighted by atomic mass is 32.2. The maximum atomic E-state index is 12.5. The minimum Gasteiger partial charge on any atom is -0.357 e. The van der Waals surface area contributed by atoms with Crippen molar-refractivity contribution < 1.29 is 18.0 Å². The summed E-state index contributed by atoms with van der Waals surface area (Å²) in [6.07, 6.45) is 1.27. The van der Waals surface area contributed by atoms with Crippen LogP contribution in [0.25, 0.3) is 0 Å². The third-order valence-corrected chi connectivity index (χ3v) is 6.58. The number of aryl methyl sites for hydroxylation is 1. The fourth-order valence-corrected chi connectivity index (χ4v) is 4.40. The van der Waals surface area contributed by atoms with Crippen LogP contribution in [-0.2, 0) is 26.0 Å². The molecule has 0 bridgehead atoms. The summed E-state index contributed by atoms with van der Waals surface area (Å²) in [5.74, 6) is -0.120. The van der Waals surface area contributed by atoms with Crippen LogP contribution in [0.15, 0.2) is 29.2 Å². The molecule has 158 valence electrons. The number of hydrogen-bond donors (Lipinski definition) is 2. The second kappa shape index (κ2) is 11.2. The van der Waals surface area contributed by atoms with E-state index in [1.807, 2.05) is 13.8 Å². The summed E-state index contributed by atoms with van der Waals surface area (Å²) in [4.78, 5) is 24.4. The Balaban J connectivity index is 2.70. The van der Waals surface area contributed by atoms with Crippen LogP contribution in [0.2, 0.25) is 0 Å². The molecule has 2 amide bonds. The third-order valence-electron chi connectivity index (χ3n) is 4.51. The maximum absolute atomic E-state index is 12.5. The first kappa shape index (κ1) is 24.1. The number of carbonyl (C=O) groups is 2. The Morgan fingerprint density at radius 3 is 2.11 bits per heavy atom. The molecule has 1 rings (SSSR count). The number of likely N-dealkylation sites (N-methyl/N-ethyl adjacent to an activating group) is 1. The van der Waals surface area contributed by atoms with E-state index in [0.717, 1.165) is 5.56 Å². The average Bonchev–Trinajstić information content (AvgIpc) is 2.66. The minimum atomic E-state index is -3.48. The van der Waals surface area contributed by atoms with Gasteiger partial charge in [0.2, 0.25) is 21.8 Å². The summed E-state index contributed by atoms with van der Waals surface area (Å²) < 4.78 is 26.4. The van der Waals surface area contributed by atoms with Crippen molar-refractivity contribution in [1.82, 2.24) is 14.9 Å². The molecular formula is C20H33N3O4S. The van der Waals surface area contributed by atoms with Gasteiger partial charge in [0.05, 0.1) is 4.90 Å². The summed E-state index contributed by atoms with van der Waals surface area (Å²) >= 11 is 0. The lowest BCUT2D eigenvalue weighted by Gasteiger charge is -2.19. The van der Waals surface area contributed by atoms with Crippen molar-refractivity contribution in [3.05, 3.63) is 29.8 Å². The molecule has 0 aliphatic heterocycles. The van der Waals surface area contributed by atoms with Crippen molar-refractivity contribution in [3.63, 3.8) is 0 Å². The number of hydrogen-bond acceptors (Lipinski definition) is 4. The molecule has 1 atom stereocenters. The number of carbonyl (C=O) groups excluding carboxylic acids is 2. The zero-order valence-electron chi connectivity index (χ0n) is 17.5. The minimum absolute atomic E-state index is 0.200. The third kappa shape index (κ3) is 6.91. The van der Waals surface area contributed by atoms with Gasteiger partial charge in [-0.05, 0) is 36.5 Å². The quantitative estimate of drug-likeness (QED) is 0.582. The molecule has 0 heterocycles. The molecule has 28 heavy (non-hydrogen) atoms. The fraction of sp³-hybridized carbons (Fsp3) is 0.600. The Morgan fingerprint density at radius 2 is 1.64 bits per heavy atom. The molecule has 0 aromatic heterocycles. The SMILES string of the molecule is CCN(CC)S(=O)(=O)c1ccc(CCC(=O)NC(CC(C)C)C(=O)NC)cc1. The highest BCUT2D eigenvalue weighted by Gasteiger charge is 2.22. The Hall–Kier alpha value is -1.93. The lowest BCUT2D eigenvalue weighted by Crippen LogP contribution is -2.46. The largest absolute Gasteiger partial charge is 0.357 e. The Morgan fingerprint density at radius 1 is 1.07 bits per heavy atom. The fourth-order valence-electron chi connectivity index (χ4n) is 2.94. The molecule has 0 saturated carbocycles. The van der Waals surface area contributed by atoms with Crippen LogP contribution in [0.4, 0.5) is 0 Å². The first-order valence-electron chi connectivity index (χ1n) is 9.75. The highest BCUT2D eigenvalue weighted by Crippen LogP contribution is 2.17. The van der Waals surface area contributed by atoms with Gasteiger partial charge in [0.25, 0.3) is 0 Å². The second-order valence-corrected chi connectivity index (χ2v) is 9.04. The van der Waals surface area contributed by atoms with Crippen LogP contribution < -0.4 is 10.6 Å². The molecular weight excluding hydrogens is 378 g/mol. The van der Waals surface area contributed by atoms with Crippen LogP contribution >= 0.6 is 0 Å². The van der Waals surface area contributed by atoms with Gasteiger partial charge >= 0.3 is 0 Å². The summed E-state index contributed by atoms with van der Waals surface area (Å²) in [6, 6.07) is 6.07. The number of rotatable bonds is 11.